The number of phenols is 1. The van der Waals surface area contributed by atoms with Crippen molar-refractivity contribution in [3.05, 3.63) is 41.6 Å². The van der Waals surface area contributed by atoms with Gasteiger partial charge in [0.1, 0.15) is 5.75 Å². The van der Waals surface area contributed by atoms with Crippen LogP contribution in [0.25, 0.3) is 11.3 Å². The smallest absolute Gasteiger partial charge is 0.118 e. The molecule has 0 fully saturated rings. The summed E-state index contributed by atoms with van der Waals surface area (Å²) in [5.41, 5.74) is 3.92. The fourth-order valence-electron chi connectivity index (χ4n) is 1.70. The molecule has 0 aliphatic carbocycles. The standard InChI is InChI=1S/C13H15NO2/c1-9-8-10(2-5-13(9)16)12-4-3-11(14-12)6-7-15/h2-5,8,14-16H,6-7H2,1H3. The van der Waals surface area contributed by atoms with Gasteiger partial charge in [-0.05, 0) is 48.4 Å². The summed E-state index contributed by atoms with van der Waals surface area (Å²) in [6, 6.07) is 9.45. The summed E-state index contributed by atoms with van der Waals surface area (Å²) in [7, 11) is 0. The minimum atomic E-state index is 0.147. The van der Waals surface area contributed by atoms with Gasteiger partial charge in [-0.15, -0.1) is 0 Å². The molecule has 0 amide bonds. The fourth-order valence-corrected chi connectivity index (χ4v) is 1.70. The van der Waals surface area contributed by atoms with Crippen LogP contribution in [0, 0.1) is 6.92 Å². The molecule has 3 N–H and O–H groups in total. The molecule has 0 aliphatic rings. The van der Waals surface area contributed by atoms with Crippen molar-refractivity contribution in [1.82, 2.24) is 4.98 Å². The number of phenolic OH excluding ortho intramolecular Hbond substituents is 1. The SMILES string of the molecule is Cc1cc(-c2ccc(CCO)[nH]2)ccc1O. The van der Waals surface area contributed by atoms with Crippen LogP contribution in [-0.2, 0) is 6.42 Å². The molecule has 0 saturated carbocycles. The average Bonchev–Trinajstić information content (AvgIpc) is 2.71. The molecule has 3 heteroatoms. The number of aromatic amines is 1. The minimum Gasteiger partial charge on any atom is -0.508 e. The lowest BCUT2D eigenvalue weighted by molar-refractivity contribution is 0.298. The summed E-state index contributed by atoms with van der Waals surface area (Å²) in [4.78, 5) is 3.24. The van der Waals surface area contributed by atoms with E-state index < -0.39 is 0 Å². The summed E-state index contributed by atoms with van der Waals surface area (Å²) in [5, 5.41) is 18.3. The molecular formula is C13H15NO2. The predicted octanol–water partition coefficient (Wildman–Crippen LogP) is 2.23. The molecule has 16 heavy (non-hydrogen) atoms. The van der Waals surface area contributed by atoms with Crippen LogP contribution >= 0.6 is 0 Å². The van der Waals surface area contributed by atoms with Crippen LogP contribution in [0.1, 0.15) is 11.3 Å². The van der Waals surface area contributed by atoms with E-state index in [0.29, 0.717) is 12.2 Å². The zero-order valence-electron chi connectivity index (χ0n) is 9.20. The molecule has 3 nitrogen and oxygen atoms in total. The number of hydrogen-bond donors (Lipinski definition) is 3. The van der Waals surface area contributed by atoms with Gasteiger partial charge < -0.3 is 15.2 Å². The van der Waals surface area contributed by atoms with E-state index >= 15 is 0 Å². The van der Waals surface area contributed by atoms with Crippen molar-refractivity contribution >= 4 is 0 Å². The second kappa shape index (κ2) is 4.41. The number of aliphatic hydroxyl groups is 1. The molecule has 84 valence electrons. The van der Waals surface area contributed by atoms with Crippen LogP contribution in [-0.4, -0.2) is 21.8 Å². The number of benzene rings is 1. The van der Waals surface area contributed by atoms with E-state index in [1.165, 1.54) is 0 Å². The quantitative estimate of drug-likeness (QED) is 0.738. The summed E-state index contributed by atoms with van der Waals surface area (Å²) >= 11 is 0. The normalized spacial score (nSPS) is 10.6. The lowest BCUT2D eigenvalue weighted by Crippen LogP contribution is -1.90. The Morgan fingerprint density at radius 2 is 2.00 bits per heavy atom. The lowest BCUT2D eigenvalue weighted by Gasteiger charge is -2.02. The van der Waals surface area contributed by atoms with Crippen LogP contribution in [0.2, 0.25) is 0 Å². The Labute approximate surface area is 94.4 Å². The molecule has 0 bridgehead atoms. The van der Waals surface area contributed by atoms with Crippen molar-refractivity contribution in [3.63, 3.8) is 0 Å². The Morgan fingerprint density at radius 1 is 1.19 bits per heavy atom. The summed E-state index contributed by atoms with van der Waals surface area (Å²) < 4.78 is 0. The second-order valence-electron chi connectivity index (χ2n) is 3.87. The molecule has 0 spiro atoms. The number of aryl methyl sites for hydroxylation is 1. The number of aromatic nitrogens is 1. The Bertz CT molecular complexity index is 488. The van der Waals surface area contributed by atoms with E-state index in [-0.39, 0.29) is 6.61 Å². The molecule has 0 unspecified atom stereocenters. The predicted molar refractivity (Wildman–Crippen MR) is 63.4 cm³/mol. The Hall–Kier alpha value is -1.74. The summed E-state index contributed by atoms with van der Waals surface area (Å²) in [6.07, 6.45) is 0.636. The van der Waals surface area contributed by atoms with Crippen molar-refractivity contribution in [2.45, 2.75) is 13.3 Å². The number of H-pyrrole nitrogens is 1. The van der Waals surface area contributed by atoms with Gasteiger partial charge in [0, 0.05) is 24.4 Å². The summed E-state index contributed by atoms with van der Waals surface area (Å²) in [6.45, 7) is 2.02. The van der Waals surface area contributed by atoms with Crippen LogP contribution in [0.4, 0.5) is 0 Å². The zero-order chi connectivity index (χ0) is 11.5. The van der Waals surface area contributed by atoms with Gasteiger partial charge in [-0.25, -0.2) is 0 Å². The molecule has 0 saturated heterocycles. The van der Waals surface area contributed by atoms with E-state index in [1.807, 2.05) is 31.2 Å². The van der Waals surface area contributed by atoms with Crippen molar-refractivity contribution in [3.8, 4) is 17.0 Å². The van der Waals surface area contributed by atoms with Crippen molar-refractivity contribution in [2.24, 2.45) is 0 Å². The largest absolute Gasteiger partial charge is 0.508 e. The first kappa shape index (κ1) is 10.8. The topological polar surface area (TPSA) is 56.2 Å². The van der Waals surface area contributed by atoms with E-state index in [1.54, 1.807) is 6.07 Å². The van der Waals surface area contributed by atoms with Gasteiger partial charge in [-0.2, -0.15) is 0 Å². The van der Waals surface area contributed by atoms with E-state index in [2.05, 4.69) is 4.98 Å². The maximum absolute atomic E-state index is 9.44. The number of hydrogen-bond acceptors (Lipinski definition) is 2. The fraction of sp³-hybridized carbons (Fsp3) is 0.231. The molecular weight excluding hydrogens is 202 g/mol. The highest BCUT2D eigenvalue weighted by Gasteiger charge is 2.03. The molecule has 1 heterocycles. The number of nitrogens with one attached hydrogen (secondary N) is 1. The van der Waals surface area contributed by atoms with Gasteiger partial charge >= 0.3 is 0 Å². The highest BCUT2D eigenvalue weighted by molar-refractivity contribution is 5.62. The third-order valence-electron chi connectivity index (χ3n) is 2.64. The molecule has 0 aliphatic heterocycles. The molecule has 2 aromatic rings. The monoisotopic (exact) mass is 217 g/mol. The first-order valence-corrected chi connectivity index (χ1v) is 5.29. The van der Waals surface area contributed by atoms with Gasteiger partial charge in [0.25, 0.3) is 0 Å². The number of aromatic hydroxyl groups is 1. The number of rotatable bonds is 3. The van der Waals surface area contributed by atoms with Crippen LogP contribution in [0.3, 0.4) is 0 Å². The van der Waals surface area contributed by atoms with E-state index in [9.17, 15) is 5.11 Å². The zero-order valence-corrected chi connectivity index (χ0v) is 9.20. The lowest BCUT2D eigenvalue weighted by atomic mass is 10.1. The Morgan fingerprint density at radius 3 is 2.69 bits per heavy atom. The molecule has 0 radical (unpaired) electrons. The van der Waals surface area contributed by atoms with Gasteiger partial charge in [-0.3, -0.25) is 0 Å². The van der Waals surface area contributed by atoms with Crippen molar-refractivity contribution in [2.75, 3.05) is 6.61 Å². The highest BCUT2D eigenvalue weighted by Crippen LogP contribution is 2.24. The molecule has 0 atom stereocenters. The maximum atomic E-state index is 9.44. The third kappa shape index (κ3) is 2.09. The van der Waals surface area contributed by atoms with Crippen LogP contribution in [0.15, 0.2) is 30.3 Å². The van der Waals surface area contributed by atoms with Crippen LogP contribution < -0.4 is 0 Å². The first-order chi connectivity index (χ1) is 7.70. The maximum Gasteiger partial charge on any atom is 0.118 e. The van der Waals surface area contributed by atoms with Gasteiger partial charge in [0.15, 0.2) is 0 Å². The van der Waals surface area contributed by atoms with Gasteiger partial charge in [0.05, 0.1) is 0 Å². The Balaban J connectivity index is 2.31. The van der Waals surface area contributed by atoms with E-state index in [0.717, 1.165) is 22.5 Å². The third-order valence-corrected chi connectivity index (χ3v) is 2.64. The highest BCUT2D eigenvalue weighted by atomic mass is 16.3. The van der Waals surface area contributed by atoms with Gasteiger partial charge in [-0.1, -0.05) is 0 Å². The average molecular weight is 217 g/mol. The van der Waals surface area contributed by atoms with Gasteiger partial charge in [0.2, 0.25) is 0 Å². The van der Waals surface area contributed by atoms with Crippen LogP contribution in [0.5, 0.6) is 5.75 Å². The minimum absolute atomic E-state index is 0.147. The van der Waals surface area contributed by atoms with Crippen molar-refractivity contribution in [1.29, 1.82) is 0 Å². The molecule has 1 aromatic carbocycles. The summed E-state index contributed by atoms with van der Waals surface area (Å²) in [5.74, 6) is 0.311. The first-order valence-electron chi connectivity index (χ1n) is 5.29. The number of aliphatic hydroxyl groups excluding tert-OH is 1. The molecule has 1 aromatic heterocycles. The van der Waals surface area contributed by atoms with Crippen molar-refractivity contribution < 1.29 is 10.2 Å². The Kier molecular flexibility index (Phi) is 2.97. The molecule has 2 rings (SSSR count). The second-order valence-corrected chi connectivity index (χ2v) is 3.87. The van der Waals surface area contributed by atoms with E-state index in [4.69, 9.17) is 5.11 Å².